The number of aryl methyl sites for hydroxylation is 1. The van der Waals surface area contributed by atoms with Crippen LogP contribution in [0.1, 0.15) is 24.5 Å². The highest BCUT2D eigenvalue weighted by Crippen LogP contribution is 2.02. The van der Waals surface area contributed by atoms with Gasteiger partial charge in [-0.1, -0.05) is 29.8 Å². The highest BCUT2D eigenvalue weighted by Gasteiger charge is 1.98. The van der Waals surface area contributed by atoms with Gasteiger partial charge < -0.3 is 10.6 Å². The predicted molar refractivity (Wildman–Crippen MR) is 66.2 cm³/mol. The van der Waals surface area contributed by atoms with Crippen LogP contribution in [-0.2, 0) is 11.3 Å². The van der Waals surface area contributed by atoms with Gasteiger partial charge in [0, 0.05) is 26.1 Å². The molecule has 1 aromatic rings. The summed E-state index contributed by atoms with van der Waals surface area (Å²) in [5.41, 5.74) is 2.53. The van der Waals surface area contributed by atoms with Crippen LogP contribution in [0, 0.1) is 6.92 Å². The summed E-state index contributed by atoms with van der Waals surface area (Å²) in [5, 5.41) is 6.03. The first kappa shape index (κ1) is 12.7. The van der Waals surface area contributed by atoms with Gasteiger partial charge in [0.15, 0.2) is 0 Å². The molecular weight excluding hydrogens is 200 g/mol. The SMILES string of the molecule is CCNC(=O)CCNCc1cccc(C)c1. The third-order valence-electron chi connectivity index (χ3n) is 2.31. The topological polar surface area (TPSA) is 41.1 Å². The van der Waals surface area contributed by atoms with Crippen LogP contribution in [-0.4, -0.2) is 19.0 Å². The van der Waals surface area contributed by atoms with Crippen LogP contribution in [0.25, 0.3) is 0 Å². The van der Waals surface area contributed by atoms with Crippen LogP contribution < -0.4 is 10.6 Å². The Balaban J connectivity index is 2.18. The molecule has 3 heteroatoms. The van der Waals surface area contributed by atoms with E-state index in [1.807, 2.05) is 6.92 Å². The summed E-state index contributed by atoms with van der Waals surface area (Å²) in [6.07, 6.45) is 0.541. The van der Waals surface area contributed by atoms with E-state index in [-0.39, 0.29) is 5.91 Å². The summed E-state index contributed by atoms with van der Waals surface area (Å²) in [4.78, 5) is 11.2. The van der Waals surface area contributed by atoms with E-state index in [1.54, 1.807) is 0 Å². The summed E-state index contributed by atoms with van der Waals surface area (Å²) in [6.45, 7) is 6.26. The van der Waals surface area contributed by atoms with Crippen LogP contribution in [0.15, 0.2) is 24.3 Å². The third kappa shape index (κ3) is 4.94. The predicted octanol–water partition coefficient (Wildman–Crippen LogP) is 1.61. The van der Waals surface area contributed by atoms with Crippen LogP contribution in [0.4, 0.5) is 0 Å². The zero-order valence-corrected chi connectivity index (χ0v) is 10.0. The molecule has 0 unspecified atom stereocenters. The lowest BCUT2D eigenvalue weighted by atomic mass is 10.1. The molecule has 88 valence electrons. The molecule has 0 aliphatic heterocycles. The molecule has 0 aliphatic rings. The molecule has 0 saturated heterocycles. The second kappa shape index (κ2) is 7.01. The second-order valence-electron chi connectivity index (χ2n) is 3.87. The Morgan fingerprint density at radius 3 is 2.88 bits per heavy atom. The summed E-state index contributed by atoms with van der Waals surface area (Å²) in [5.74, 6) is 0.110. The minimum absolute atomic E-state index is 0.110. The molecule has 0 spiro atoms. The molecule has 1 rings (SSSR count). The van der Waals surface area contributed by atoms with Crippen LogP contribution >= 0.6 is 0 Å². The number of rotatable bonds is 6. The highest BCUT2D eigenvalue weighted by atomic mass is 16.1. The van der Waals surface area contributed by atoms with Crippen molar-refractivity contribution in [2.75, 3.05) is 13.1 Å². The smallest absolute Gasteiger partial charge is 0.221 e. The summed E-state index contributed by atoms with van der Waals surface area (Å²) >= 11 is 0. The van der Waals surface area contributed by atoms with Gasteiger partial charge in [-0.2, -0.15) is 0 Å². The van der Waals surface area contributed by atoms with E-state index in [0.29, 0.717) is 13.0 Å². The first-order chi connectivity index (χ1) is 7.72. The number of hydrogen-bond donors (Lipinski definition) is 2. The van der Waals surface area contributed by atoms with E-state index >= 15 is 0 Å². The minimum Gasteiger partial charge on any atom is -0.356 e. The standard InChI is InChI=1S/C13H20N2O/c1-3-15-13(16)7-8-14-10-12-6-4-5-11(2)9-12/h4-6,9,14H,3,7-8,10H2,1-2H3,(H,15,16). The van der Waals surface area contributed by atoms with Crippen molar-refractivity contribution in [2.24, 2.45) is 0 Å². The summed E-state index contributed by atoms with van der Waals surface area (Å²) in [7, 11) is 0. The molecule has 0 heterocycles. The van der Waals surface area contributed by atoms with Crippen molar-refractivity contribution >= 4 is 5.91 Å². The Morgan fingerprint density at radius 2 is 2.19 bits per heavy atom. The van der Waals surface area contributed by atoms with Crippen molar-refractivity contribution in [1.29, 1.82) is 0 Å². The molecule has 2 N–H and O–H groups in total. The number of carbonyl (C=O) groups is 1. The van der Waals surface area contributed by atoms with Crippen molar-refractivity contribution in [2.45, 2.75) is 26.8 Å². The Morgan fingerprint density at radius 1 is 1.38 bits per heavy atom. The maximum atomic E-state index is 11.2. The first-order valence-corrected chi connectivity index (χ1v) is 5.75. The molecule has 1 aromatic carbocycles. The van der Waals surface area contributed by atoms with E-state index in [9.17, 15) is 4.79 Å². The maximum Gasteiger partial charge on any atom is 0.221 e. The fourth-order valence-corrected chi connectivity index (χ4v) is 1.54. The molecule has 0 aromatic heterocycles. The second-order valence-corrected chi connectivity index (χ2v) is 3.87. The molecule has 0 bridgehead atoms. The largest absolute Gasteiger partial charge is 0.356 e. The van der Waals surface area contributed by atoms with Gasteiger partial charge in [0.1, 0.15) is 0 Å². The van der Waals surface area contributed by atoms with Crippen LogP contribution in [0.5, 0.6) is 0 Å². The first-order valence-electron chi connectivity index (χ1n) is 5.75. The zero-order chi connectivity index (χ0) is 11.8. The van der Waals surface area contributed by atoms with E-state index in [4.69, 9.17) is 0 Å². The fraction of sp³-hybridized carbons (Fsp3) is 0.462. The average Bonchev–Trinajstić information content (AvgIpc) is 2.25. The molecule has 0 aliphatic carbocycles. The summed E-state index contributed by atoms with van der Waals surface area (Å²) < 4.78 is 0. The Labute approximate surface area is 97.2 Å². The lowest BCUT2D eigenvalue weighted by Crippen LogP contribution is -2.27. The van der Waals surface area contributed by atoms with Gasteiger partial charge in [-0.05, 0) is 19.4 Å². The van der Waals surface area contributed by atoms with Gasteiger partial charge in [-0.3, -0.25) is 4.79 Å². The molecular formula is C13H20N2O. The van der Waals surface area contributed by atoms with E-state index in [1.165, 1.54) is 11.1 Å². The van der Waals surface area contributed by atoms with Gasteiger partial charge in [0.05, 0.1) is 0 Å². The normalized spacial score (nSPS) is 10.1. The Hall–Kier alpha value is -1.35. The fourth-order valence-electron chi connectivity index (χ4n) is 1.54. The van der Waals surface area contributed by atoms with E-state index in [0.717, 1.165) is 13.1 Å². The maximum absolute atomic E-state index is 11.2. The van der Waals surface area contributed by atoms with Crippen LogP contribution in [0.2, 0.25) is 0 Å². The Bertz CT molecular complexity index is 336. The monoisotopic (exact) mass is 220 g/mol. The number of nitrogens with one attached hydrogen (secondary N) is 2. The zero-order valence-electron chi connectivity index (χ0n) is 10.0. The quantitative estimate of drug-likeness (QED) is 0.715. The lowest BCUT2D eigenvalue weighted by molar-refractivity contribution is -0.120. The van der Waals surface area contributed by atoms with Gasteiger partial charge in [-0.15, -0.1) is 0 Å². The number of amides is 1. The summed E-state index contributed by atoms with van der Waals surface area (Å²) in [6, 6.07) is 8.37. The van der Waals surface area contributed by atoms with E-state index in [2.05, 4.69) is 41.8 Å². The lowest BCUT2D eigenvalue weighted by Gasteiger charge is -2.05. The minimum atomic E-state index is 0.110. The average molecular weight is 220 g/mol. The molecule has 0 saturated carbocycles. The van der Waals surface area contributed by atoms with Gasteiger partial charge in [0.2, 0.25) is 5.91 Å². The third-order valence-corrected chi connectivity index (χ3v) is 2.31. The molecule has 3 nitrogen and oxygen atoms in total. The molecule has 16 heavy (non-hydrogen) atoms. The molecule has 1 amide bonds. The number of hydrogen-bond acceptors (Lipinski definition) is 2. The highest BCUT2D eigenvalue weighted by molar-refractivity contribution is 5.75. The number of benzene rings is 1. The van der Waals surface area contributed by atoms with Crippen LogP contribution in [0.3, 0.4) is 0 Å². The molecule has 0 atom stereocenters. The van der Waals surface area contributed by atoms with Crippen molar-refractivity contribution in [1.82, 2.24) is 10.6 Å². The Kier molecular flexibility index (Phi) is 5.57. The van der Waals surface area contributed by atoms with Gasteiger partial charge in [-0.25, -0.2) is 0 Å². The van der Waals surface area contributed by atoms with E-state index < -0.39 is 0 Å². The van der Waals surface area contributed by atoms with Gasteiger partial charge >= 0.3 is 0 Å². The van der Waals surface area contributed by atoms with Crippen molar-refractivity contribution in [3.8, 4) is 0 Å². The van der Waals surface area contributed by atoms with Crippen molar-refractivity contribution < 1.29 is 4.79 Å². The molecule has 0 fully saturated rings. The number of carbonyl (C=O) groups excluding carboxylic acids is 1. The van der Waals surface area contributed by atoms with Crippen molar-refractivity contribution in [3.05, 3.63) is 35.4 Å². The molecule has 0 radical (unpaired) electrons. The van der Waals surface area contributed by atoms with Crippen molar-refractivity contribution in [3.63, 3.8) is 0 Å². The van der Waals surface area contributed by atoms with Gasteiger partial charge in [0.25, 0.3) is 0 Å².